The molecule has 0 aromatic rings. The van der Waals surface area contributed by atoms with E-state index >= 15 is 0 Å². The highest BCUT2D eigenvalue weighted by atomic mass is 127. The van der Waals surface area contributed by atoms with Crippen LogP contribution < -0.4 is 0 Å². The molecule has 0 saturated carbocycles. The molecule has 1 aliphatic rings. The van der Waals surface area contributed by atoms with Crippen LogP contribution in [0.3, 0.4) is 0 Å². The quantitative estimate of drug-likeness (QED) is 0.719. The van der Waals surface area contributed by atoms with Crippen molar-refractivity contribution in [3.05, 3.63) is 10.2 Å². The van der Waals surface area contributed by atoms with Gasteiger partial charge in [-0.2, -0.15) is 0 Å². The molecule has 3 nitrogen and oxygen atoms in total. The zero-order valence-corrected chi connectivity index (χ0v) is 12.4. The second kappa shape index (κ2) is 5.38. The lowest BCUT2D eigenvalue weighted by atomic mass is 10.1. The number of hydrogen-bond acceptors (Lipinski definition) is 2. The van der Waals surface area contributed by atoms with E-state index in [-0.39, 0.29) is 12.1 Å². The van der Waals surface area contributed by atoms with Crippen LogP contribution >= 0.6 is 22.6 Å². The van der Waals surface area contributed by atoms with E-state index in [9.17, 15) is 4.79 Å². The van der Waals surface area contributed by atoms with Crippen molar-refractivity contribution in [3.63, 3.8) is 0 Å². The molecule has 0 aromatic heterocycles. The van der Waals surface area contributed by atoms with Gasteiger partial charge in [-0.05, 0) is 66.2 Å². The smallest absolute Gasteiger partial charge is 0.410 e. The molecule has 1 saturated heterocycles. The number of hydrogen-bond donors (Lipinski definition) is 0. The summed E-state index contributed by atoms with van der Waals surface area (Å²) < 4.78 is 6.48. The molecular weight excluding hydrogens is 317 g/mol. The summed E-state index contributed by atoms with van der Waals surface area (Å²) in [4.78, 5) is 13.8. The molecule has 1 fully saturated rings. The minimum Gasteiger partial charge on any atom is -0.444 e. The Labute approximate surface area is 111 Å². The number of nitrogens with zero attached hydrogens (tertiary/aromatic N) is 1. The van der Waals surface area contributed by atoms with Crippen LogP contribution in [0.2, 0.25) is 0 Å². The van der Waals surface area contributed by atoms with Gasteiger partial charge in [0.25, 0.3) is 0 Å². The van der Waals surface area contributed by atoms with Gasteiger partial charge >= 0.3 is 6.09 Å². The molecule has 0 aromatic carbocycles. The Bertz CT molecular complexity index is 283. The molecular formula is C12H20INO2. The highest BCUT2D eigenvalue weighted by Gasteiger charge is 2.31. The average molecular weight is 337 g/mol. The number of carbonyl (C=O) groups is 1. The van der Waals surface area contributed by atoms with Crippen LogP contribution in [-0.4, -0.2) is 29.2 Å². The molecule has 4 heteroatoms. The minimum atomic E-state index is -0.411. The summed E-state index contributed by atoms with van der Waals surface area (Å²) in [5, 5.41) is 0. The van der Waals surface area contributed by atoms with E-state index in [1.807, 2.05) is 25.7 Å². The molecule has 16 heavy (non-hydrogen) atoms. The Balaban J connectivity index is 2.57. The monoisotopic (exact) mass is 337 g/mol. The van der Waals surface area contributed by atoms with E-state index < -0.39 is 5.60 Å². The molecule has 1 unspecified atom stereocenters. The maximum absolute atomic E-state index is 11.9. The van der Waals surface area contributed by atoms with Gasteiger partial charge < -0.3 is 9.64 Å². The summed E-state index contributed by atoms with van der Waals surface area (Å²) in [7, 11) is 0. The third-order valence-corrected chi connectivity index (χ3v) is 2.90. The number of ether oxygens (including phenoxy) is 1. The first-order valence-corrected chi connectivity index (χ1v) is 6.70. The van der Waals surface area contributed by atoms with Crippen LogP contribution in [0.15, 0.2) is 10.2 Å². The van der Waals surface area contributed by atoms with Crippen molar-refractivity contribution < 1.29 is 9.53 Å². The topological polar surface area (TPSA) is 29.5 Å². The van der Waals surface area contributed by atoms with Crippen molar-refractivity contribution in [3.8, 4) is 0 Å². The molecule has 1 amide bonds. The van der Waals surface area contributed by atoms with E-state index in [4.69, 9.17) is 4.74 Å². The van der Waals surface area contributed by atoms with Crippen LogP contribution in [0, 0.1) is 0 Å². The number of likely N-dealkylation sites (tertiary alicyclic amines) is 1. The van der Waals surface area contributed by atoms with Crippen molar-refractivity contribution >= 4 is 28.7 Å². The first-order valence-electron chi connectivity index (χ1n) is 5.62. The lowest BCUT2D eigenvalue weighted by Gasteiger charge is -2.28. The standard InChI is InChI=1S/C12H20INO2/c1-9(13)8-10-6-5-7-14(10)11(15)16-12(2,3)4/h10H,1,5-8H2,2-4H3. The third kappa shape index (κ3) is 4.31. The van der Waals surface area contributed by atoms with E-state index in [1.54, 1.807) is 0 Å². The highest BCUT2D eigenvalue weighted by molar-refractivity contribution is 14.1. The van der Waals surface area contributed by atoms with Crippen LogP contribution in [0.1, 0.15) is 40.0 Å². The average Bonchev–Trinajstić information content (AvgIpc) is 2.47. The Morgan fingerprint density at radius 3 is 2.69 bits per heavy atom. The van der Waals surface area contributed by atoms with Crippen molar-refractivity contribution in [2.24, 2.45) is 0 Å². The van der Waals surface area contributed by atoms with E-state index in [1.165, 1.54) is 0 Å². The molecule has 0 N–H and O–H groups in total. The highest BCUT2D eigenvalue weighted by Crippen LogP contribution is 2.26. The van der Waals surface area contributed by atoms with Crippen molar-refractivity contribution in [2.45, 2.75) is 51.7 Å². The SMILES string of the molecule is C=C(I)CC1CCCN1C(=O)OC(C)(C)C. The lowest BCUT2D eigenvalue weighted by molar-refractivity contribution is 0.0228. The predicted molar refractivity (Wildman–Crippen MR) is 73.7 cm³/mol. The molecule has 1 rings (SSSR count). The predicted octanol–water partition coefficient (Wildman–Crippen LogP) is 3.72. The van der Waals surface area contributed by atoms with Crippen molar-refractivity contribution in [1.82, 2.24) is 4.90 Å². The molecule has 92 valence electrons. The fraction of sp³-hybridized carbons (Fsp3) is 0.750. The van der Waals surface area contributed by atoms with Gasteiger partial charge in [0.15, 0.2) is 0 Å². The fourth-order valence-electron chi connectivity index (χ4n) is 1.86. The van der Waals surface area contributed by atoms with Crippen LogP contribution in [-0.2, 0) is 4.74 Å². The van der Waals surface area contributed by atoms with Gasteiger partial charge in [0.1, 0.15) is 5.60 Å². The minimum absolute atomic E-state index is 0.187. The van der Waals surface area contributed by atoms with Gasteiger partial charge in [-0.25, -0.2) is 4.79 Å². The van der Waals surface area contributed by atoms with Gasteiger partial charge in [-0.3, -0.25) is 0 Å². The van der Waals surface area contributed by atoms with Crippen molar-refractivity contribution in [2.75, 3.05) is 6.54 Å². The number of carbonyl (C=O) groups excluding carboxylic acids is 1. The van der Waals surface area contributed by atoms with Crippen LogP contribution in [0.5, 0.6) is 0 Å². The summed E-state index contributed by atoms with van der Waals surface area (Å²) in [5.41, 5.74) is -0.411. The maximum atomic E-state index is 11.9. The van der Waals surface area contributed by atoms with Gasteiger partial charge in [-0.1, -0.05) is 6.58 Å². The number of rotatable bonds is 2. The zero-order chi connectivity index (χ0) is 12.3. The zero-order valence-electron chi connectivity index (χ0n) is 10.3. The van der Waals surface area contributed by atoms with Crippen molar-refractivity contribution in [1.29, 1.82) is 0 Å². The third-order valence-electron chi connectivity index (χ3n) is 2.46. The summed E-state index contributed by atoms with van der Waals surface area (Å²) in [5.74, 6) is 0. The van der Waals surface area contributed by atoms with E-state index in [2.05, 4.69) is 29.2 Å². The Morgan fingerprint density at radius 1 is 1.56 bits per heavy atom. The molecule has 0 spiro atoms. The van der Waals surface area contributed by atoms with E-state index in [0.717, 1.165) is 29.4 Å². The van der Waals surface area contributed by atoms with E-state index in [0.29, 0.717) is 0 Å². The van der Waals surface area contributed by atoms with Gasteiger partial charge in [0, 0.05) is 12.6 Å². The van der Waals surface area contributed by atoms with Crippen LogP contribution in [0.25, 0.3) is 0 Å². The van der Waals surface area contributed by atoms with Gasteiger partial charge in [-0.15, -0.1) is 0 Å². The Hall–Kier alpha value is -0.260. The Kier molecular flexibility index (Phi) is 4.64. The number of halogens is 1. The molecule has 1 atom stereocenters. The first-order chi connectivity index (χ1) is 7.29. The summed E-state index contributed by atoms with van der Waals surface area (Å²) in [6, 6.07) is 0.277. The number of amides is 1. The summed E-state index contributed by atoms with van der Waals surface area (Å²) in [6.07, 6.45) is 2.81. The maximum Gasteiger partial charge on any atom is 0.410 e. The normalized spacial score (nSPS) is 21.0. The summed E-state index contributed by atoms with van der Waals surface area (Å²) in [6.45, 7) is 10.4. The molecule has 0 aliphatic carbocycles. The van der Waals surface area contributed by atoms with Gasteiger partial charge in [0.05, 0.1) is 0 Å². The largest absolute Gasteiger partial charge is 0.444 e. The first kappa shape index (κ1) is 13.8. The second-order valence-corrected chi connectivity index (χ2v) is 6.72. The Morgan fingerprint density at radius 2 is 2.19 bits per heavy atom. The molecule has 1 heterocycles. The van der Waals surface area contributed by atoms with Gasteiger partial charge in [0.2, 0.25) is 0 Å². The molecule has 0 bridgehead atoms. The van der Waals surface area contributed by atoms with Crippen LogP contribution in [0.4, 0.5) is 4.79 Å². The molecule has 0 radical (unpaired) electrons. The summed E-state index contributed by atoms with van der Waals surface area (Å²) >= 11 is 2.22. The lowest BCUT2D eigenvalue weighted by Crippen LogP contribution is -2.39. The fourth-order valence-corrected chi connectivity index (χ4v) is 2.37. The second-order valence-electron chi connectivity index (χ2n) is 5.19. The molecule has 1 aliphatic heterocycles.